The number of aromatic nitrogens is 1. The number of hydrogen-bond acceptors (Lipinski definition) is 3. The lowest BCUT2D eigenvalue weighted by Gasteiger charge is -2.08. The minimum atomic E-state index is -0.285. The topological polar surface area (TPSA) is 88.0 Å². The molecule has 1 amide bonds. The van der Waals surface area contributed by atoms with E-state index in [-0.39, 0.29) is 23.9 Å². The van der Waals surface area contributed by atoms with Gasteiger partial charge in [0.1, 0.15) is 0 Å². The number of hydrogen-bond donors (Lipinski definition) is 3. The third kappa shape index (κ3) is 4.56. The molecule has 2 aromatic rings. The van der Waals surface area contributed by atoms with Gasteiger partial charge in [-0.15, -0.1) is 12.4 Å². The molecule has 1 aromatic carbocycles. The van der Waals surface area contributed by atoms with Crippen LogP contribution in [-0.2, 0) is 0 Å². The van der Waals surface area contributed by atoms with Crippen molar-refractivity contribution in [1.29, 1.82) is 0 Å². The number of benzene rings is 1. The van der Waals surface area contributed by atoms with E-state index in [0.717, 1.165) is 22.7 Å². The zero-order valence-electron chi connectivity index (χ0n) is 11.3. The highest BCUT2D eigenvalue weighted by Gasteiger charge is 2.11. The summed E-state index contributed by atoms with van der Waals surface area (Å²) in [5, 5.41) is 3.53. The molecule has 0 unspecified atom stereocenters. The molecule has 0 aliphatic carbocycles. The number of halogens is 2. The first-order valence-electron chi connectivity index (χ1n) is 6.42. The Kier molecular flexibility index (Phi) is 6.87. The summed E-state index contributed by atoms with van der Waals surface area (Å²) in [5.74, 6) is -0.240. The number of H-pyrrole nitrogens is 1. The fraction of sp³-hybridized carbons (Fsp3) is 0.286. The van der Waals surface area contributed by atoms with E-state index in [9.17, 15) is 9.59 Å². The van der Waals surface area contributed by atoms with Gasteiger partial charge in [-0.1, -0.05) is 15.9 Å². The Balaban J connectivity index is 0.00000220. The van der Waals surface area contributed by atoms with Crippen LogP contribution in [0.5, 0.6) is 0 Å². The number of rotatable bonds is 5. The fourth-order valence-electron chi connectivity index (χ4n) is 1.98. The van der Waals surface area contributed by atoms with Crippen LogP contribution in [0, 0.1) is 0 Å². The van der Waals surface area contributed by atoms with E-state index < -0.39 is 0 Å². The van der Waals surface area contributed by atoms with Crippen molar-refractivity contribution >= 4 is 45.1 Å². The Morgan fingerprint density at radius 1 is 1.29 bits per heavy atom. The van der Waals surface area contributed by atoms with E-state index in [2.05, 4.69) is 26.2 Å². The van der Waals surface area contributed by atoms with Crippen LogP contribution in [0.4, 0.5) is 0 Å². The van der Waals surface area contributed by atoms with Gasteiger partial charge in [-0.25, -0.2) is 0 Å². The second kappa shape index (κ2) is 8.17. The summed E-state index contributed by atoms with van der Waals surface area (Å²) >= 11 is 3.37. The first-order chi connectivity index (χ1) is 9.61. The second-order valence-corrected chi connectivity index (χ2v) is 5.40. The highest BCUT2D eigenvalue weighted by Crippen LogP contribution is 2.20. The van der Waals surface area contributed by atoms with Gasteiger partial charge in [-0.3, -0.25) is 9.59 Å². The van der Waals surface area contributed by atoms with E-state index in [1.165, 1.54) is 6.07 Å². The number of pyridine rings is 1. The predicted molar refractivity (Wildman–Crippen MR) is 90.1 cm³/mol. The Morgan fingerprint density at radius 2 is 2.05 bits per heavy atom. The molecule has 21 heavy (non-hydrogen) atoms. The smallest absolute Gasteiger partial charge is 0.252 e. The van der Waals surface area contributed by atoms with Crippen molar-refractivity contribution < 1.29 is 4.79 Å². The van der Waals surface area contributed by atoms with Gasteiger partial charge in [0.15, 0.2) is 0 Å². The van der Waals surface area contributed by atoms with Crippen molar-refractivity contribution in [3.05, 3.63) is 44.7 Å². The normalized spacial score (nSPS) is 10.2. The minimum absolute atomic E-state index is 0. The lowest BCUT2D eigenvalue weighted by molar-refractivity contribution is 0.0954. The van der Waals surface area contributed by atoms with E-state index in [1.54, 1.807) is 6.07 Å². The molecule has 0 aliphatic rings. The second-order valence-electron chi connectivity index (χ2n) is 4.49. The molecule has 7 heteroatoms. The maximum Gasteiger partial charge on any atom is 0.252 e. The van der Waals surface area contributed by atoms with Crippen molar-refractivity contribution in [2.75, 3.05) is 13.1 Å². The Morgan fingerprint density at radius 3 is 2.76 bits per heavy atom. The Hall–Kier alpha value is -1.37. The monoisotopic (exact) mass is 373 g/mol. The van der Waals surface area contributed by atoms with Crippen LogP contribution in [-0.4, -0.2) is 24.0 Å². The van der Waals surface area contributed by atoms with E-state index in [1.807, 2.05) is 12.1 Å². The average molecular weight is 375 g/mol. The van der Waals surface area contributed by atoms with Crippen molar-refractivity contribution in [3.63, 3.8) is 0 Å². The number of carbonyl (C=O) groups is 1. The Bertz CT molecular complexity index is 687. The predicted octanol–water partition coefficient (Wildman–Crippen LogP) is 2.18. The van der Waals surface area contributed by atoms with Crippen LogP contribution in [0.1, 0.15) is 23.2 Å². The van der Waals surface area contributed by atoms with Crippen LogP contribution < -0.4 is 16.6 Å². The molecule has 0 saturated carbocycles. The van der Waals surface area contributed by atoms with Crippen LogP contribution >= 0.6 is 28.3 Å². The molecule has 0 atom stereocenters. The average Bonchev–Trinajstić information content (AvgIpc) is 2.43. The fourth-order valence-corrected chi connectivity index (χ4v) is 2.34. The number of unbranched alkanes of at least 4 members (excludes halogenated alkanes) is 1. The number of nitrogens with one attached hydrogen (secondary N) is 2. The molecular weight excluding hydrogens is 358 g/mol. The Labute approximate surface area is 136 Å². The molecule has 4 N–H and O–H groups in total. The molecule has 1 aromatic heterocycles. The third-order valence-corrected chi connectivity index (χ3v) is 3.46. The lowest BCUT2D eigenvalue weighted by atomic mass is 10.1. The SMILES string of the molecule is Cl.NCCCCNC(=O)c1cc(=O)[nH]c2ccc(Br)cc12. The number of amides is 1. The molecule has 0 spiro atoms. The van der Waals surface area contributed by atoms with Gasteiger partial charge in [0.05, 0.1) is 5.56 Å². The zero-order valence-corrected chi connectivity index (χ0v) is 13.7. The van der Waals surface area contributed by atoms with E-state index in [4.69, 9.17) is 5.73 Å². The summed E-state index contributed by atoms with van der Waals surface area (Å²) in [4.78, 5) is 26.5. The first-order valence-corrected chi connectivity index (χ1v) is 7.22. The summed E-state index contributed by atoms with van der Waals surface area (Å²) in [6.45, 7) is 1.16. The number of fused-ring (bicyclic) bond motifs is 1. The molecule has 0 radical (unpaired) electrons. The largest absolute Gasteiger partial charge is 0.352 e. The molecule has 1 heterocycles. The maximum atomic E-state index is 12.2. The third-order valence-electron chi connectivity index (χ3n) is 2.97. The van der Waals surface area contributed by atoms with Crippen LogP contribution in [0.15, 0.2) is 33.5 Å². The zero-order chi connectivity index (χ0) is 14.5. The highest BCUT2D eigenvalue weighted by atomic mass is 79.9. The van der Waals surface area contributed by atoms with E-state index >= 15 is 0 Å². The quantitative estimate of drug-likeness (QED) is 0.701. The first kappa shape index (κ1) is 17.7. The highest BCUT2D eigenvalue weighted by molar-refractivity contribution is 9.10. The standard InChI is InChI=1S/C14H16BrN3O2.ClH/c15-9-3-4-12-10(7-9)11(8-13(19)18-12)14(20)17-6-2-1-5-16;/h3-4,7-8H,1-2,5-6,16H2,(H,17,20)(H,18,19);1H. The molecule has 5 nitrogen and oxygen atoms in total. The molecule has 0 bridgehead atoms. The van der Waals surface area contributed by atoms with Gasteiger partial charge in [0.25, 0.3) is 5.91 Å². The van der Waals surface area contributed by atoms with Gasteiger partial charge in [-0.05, 0) is 37.6 Å². The maximum absolute atomic E-state index is 12.2. The van der Waals surface area contributed by atoms with Gasteiger partial charge in [0.2, 0.25) is 5.56 Å². The number of nitrogens with two attached hydrogens (primary N) is 1. The minimum Gasteiger partial charge on any atom is -0.352 e. The van der Waals surface area contributed by atoms with E-state index in [0.29, 0.717) is 24.2 Å². The van der Waals surface area contributed by atoms with Gasteiger partial charge >= 0.3 is 0 Å². The summed E-state index contributed by atoms with van der Waals surface area (Å²) in [7, 11) is 0. The molecular formula is C14H17BrClN3O2. The summed E-state index contributed by atoms with van der Waals surface area (Å²) < 4.78 is 0.856. The molecule has 0 saturated heterocycles. The van der Waals surface area contributed by atoms with Crippen molar-refractivity contribution in [3.8, 4) is 0 Å². The van der Waals surface area contributed by atoms with Crippen LogP contribution in [0.25, 0.3) is 10.9 Å². The number of aromatic amines is 1. The summed E-state index contributed by atoms with van der Waals surface area (Å²) in [6.07, 6.45) is 1.69. The summed E-state index contributed by atoms with van der Waals surface area (Å²) in [6, 6.07) is 6.74. The van der Waals surface area contributed by atoms with Gasteiger partial charge < -0.3 is 16.0 Å². The van der Waals surface area contributed by atoms with Crippen molar-refractivity contribution in [1.82, 2.24) is 10.3 Å². The van der Waals surface area contributed by atoms with Crippen LogP contribution in [0.3, 0.4) is 0 Å². The molecule has 0 fully saturated rings. The van der Waals surface area contributed by atoms with Crippen LogP contribution in [0.2, 0.25) is 0 Å². The lowest BCUT2D eigenvalue weighted by Crippen LogP contribution is -2.26. The van der Waals surface area contributed by atoms with Crippen molar-refractivity contribution in [2.45, 2.75) is 12.8 Å². The molecule has 0 aliphatic heterocycles. The number of carbonyl (C=O) groups excluding carboxylic acids is 1. The molecule has 2 rings (SSSR count). The molecule has 114 valence electrons. The van der Waals surface area contributed by atoms with Gasteiger partial charge in [0, 0.05) is 28.0 Å². The summed E-state index contributed by atoms with van der Waals surface area (Å²) in [5.41, 5.74) is 6.15. The van der Waals surface area contributed by atoms with Gasteiger partial charge in [-0.2, -0.15) is 0 Å². The van der Waals surface area contributed by atoms with Crippen molar-refractivity contribution in [2.24, 2.45) is 5.73 Å².